The second-order valence-electron chi connectivity index (χ2n) is 7.06. The number of hydrazone groups is 1. The van der Waals surface area contributed by atoms with Crippen LogP contribution in [0.3, 0.4) is 0 Å². The van der Waals surface area contributed by atoms with Crippen LogP contribution in [0.5, 0.6) is 11.5 Å². The van der Waals surface area contributed by atoms with Gasteiger partial charge in [-0.25, -0.2) is 0 Å². The first-order valence-electron chi connectivity index (χ1n) is 10.5. The number of hydrogen-bond acceptors (Lipinski definition) is 4. The van der Waals surface area contributed by atoms with Gasteiger partial charge in [0.2, 0.25) is 0 Å². The van der Waals surface area contributed by atoms with Crippen molar-refractivity contribution in [3.05, 3.63) is 108 Å². The van der Waals surface area contributed by atoms with E-state index in [0.29, 0.717) is 36.0 Å². The number of amides is 1. The van der Waals surface area contributed by atoms with E-state index in [1.54, 1.807) is 6.08 Å². The summed E-state index contributed by atoms with van der Waals surface area (Å²) < 4.78 is 11.4. The Morgan fingerprint density at radius 2 is 1.66 bits per heavy atom. The molecule has 5 nitrogen and oxygen atoms in total. The van der Waals surface area contributed by atoms with Gasteiger partial charge in [-0.15, -0.1) is 0 Å². The summed E-state index contributed by atoms with van der Waals surface area (Å²) in [5.74, 6) is 1.07. The van der Waals surface area contributed by atoms with Crippen LogP contribution in [0.2, 0.25) is 0 Å². The van der Waals surface area contributed by atoms with E-state index >= 15 is 0 Å². The molecule has 0 aliphatic carbocycles. The molecule has 0 atom stereocenters. The largest absolute Gasteiger partial charge is 0.490 e. The number of rotatable bonds is 8. The zero-order chi connectivity index (χ0) is 22.3. The summed E-state index contributed by atoms with van der Waals surface area (Å²) in [4.78, 5) is 13.4. The van der Waals surface area contributed by atoms with Gasteiger partial charge in [0.1, 0.15) is 12.3 Å². The fourth-order valence-corrected chi connectivity index (χ4v) is 3.42. The summed E-state index contributed by atoms with van der Waals surface area (Å²) in [6.45, 7) is 6.49. The lowest BCUT2D eigenvalue weighted by molar-refractivity contribution is -0.114. The van der Waals surface area contributed by atoms with E-state index in [4.69, 9.17) is 9.47 Å². The predicted octanol–water partition coefficient (Wildman–Crippen LogP) is 5.48. The lowest BCUT2D eigenvalue weighted by Crippen LogP contribution is -2.21. The third-order valence-electron chi connectivity index (χ3n) is 4.86. The van der Waals surface area contributed by atoms with Crippen LogP contribution in [0.1, 0.15) is 18.1 Å². The Morgan fingerprint density at radius 1 is 0.938 bits per heavy atom. The second kappa shape index (κ2) is 9.79. The molecule has 0 unspecified atom stereocenters. The molecule has 1 heterocycles. The van der Waals surface area contributed by atoms with Crippen molar-refractivity contribution >= 4 is 23.4 Å². The molecule has 5 heteroatoms. The zero-order valence-electron chi connectivity index (χ0n) is 17.9. The average molecular weight is 425 g/mol. The van der Waals surface area contributed by atoms with Crippen molar-refractivity contribution in [2.24, 2.45) is 5.10 Å². The van der Waals surface area contributed by atoms with Crippen LogP contribution in [0.25, 0.3) is 6.08 Å². The number of carbonyl (C=O) groups is 1. The van der Waals surface area contributed by atoms with Crippen LogP contribution in [0, 0.1) is 0 Å². The highest BCUT2D eigenvalue weighted by Gasteiger charge is 2.32. The summed E-state index contributed by atoms with van der Waals surface area (Å²) in [7, 11) is 0. The molecule has 0 bridgehead atoms. The van der Waals surface area contributed by atoms with Crippen LogP contribution in [0.15, 0.2) is 102 Å². The van der Waals surface area contributed by atoms with Gasteiger partial charge in [0.25, 0.3) is 5.91 Å². The fourth-order valence-electron chi connectivity index (χ4n) is 3.42. The maximum atomic E-state index is 13.4. The molecule has 0 saturated heterocycles. The molecule has 1 amide bonds. The van der Waals surface area contributed by atoms with Crippen molar-refractivity contribution in [1.29, 1.82) is 0 Å². The first-order chi connectivity index (χ1) is 15.7. The Labute approximate surface area is 187 Å². The van der Waals surface area contributed by atoms with Crippen molar-refractivity contribution in [3.8, 4) is 11.5 Å². The number of benzene rings is 3. The molecule has 0 N–H and O–H groups in total. The minimum absolute atomic E-state index is 0.181. The molecule has 0 fully saturated rings. The molecule has 4 rings (SSSR count). The molecule has 0 saturated carbocycles. The fraction of sp³-hybridized carbons (Fsp3) is 0.111. The summed E-state index contributed by atoms with van der Waals surface area (Å²) in [5.41, 5.74) is 3.56. The molecule has 160 valence electrons. The van der Waals surface area contributed by atoms with E-state index in [1.807, 2.05) is 91.9 Å². The first-order valence-corrected chi connectivity index (χ1v) is 10.5. The molecular formula is C27H24N2O3. The summed E-state index contributed by atoms with van der Waals surface area (Å²) in [5, 5.41) is 6.11. The van der Waals surface area contributed by atoms with E-state index in [2.05, 4.69) is 11.7 Å². The van der Waals surface area contributed by atoms with Gasteiger partial charge in [-0.1, -0.05) is 67.3 Å². The third-order valence-corrected chi connectivity index (χ3v) is 4.86. The van der Waals surface area contributed by atoms with Crippen molar-refractivity contribution in [3.63, 3.8) is 0 Å². The smallest absolute Gasteiger partial charge is 0.281 e. The summed E-state index contributed by atoms with van der Waals surface area (Å²) >= 11 is 0. The molecule has 0 radical (unpaired) electrons. The Hall–Kier alpha value is -4.12. The maximum absolute atomic E-state index is 13.4. The molecule has 32 heavy (non-hydrogen) atoms. The third kappa shape index (κ3) is 4.47. The molecule has 3 aromatic rings. The van der Waals surface area contributed by atoms with Crippen molar-refractivity contribution in [1.82, 2.24) is 0 Å². The van der Waals surface area contributed by atoms with Crippen molar-refractivity contribution in [2.75, 3.05) is 18.2 Å². The van der Waals surface area contributed by atoms with E-state index < -0.39 is 0 Å². The molecule has 3 aromatic carbocycles. The highest BCUT2D eigenvalue weighted by atomic mass is 16.5. The van der Waals surface area contributed by atoms with E-state index in [-0.39, 0.29) is 5.91 Å². The van der Waals surface area contributed by atoms with Gasteiger partial charge in [0.15, 0.2) is 11.5 Å². The minimum atomic E-state index is -0.181. The minimum Gasteiger partial charge on any atom is -0.490 e. The average Bonchev–Trinajstić information content (AvgIpc) is 3.16. The monoisotopic (exact) mass is 424 g/mol. The van der Waals surface area contributed by atoms with E-state index in [9.17, 15) is 4.79 Å². The Kier molecular flexibility index (Phi) is 6.46. The van der Waals surface area contributed by atoms with Crippen LogP contribution < -0.4 is 14.5 Å². The molecule has 1 aliphatic heterocycles. The predicted molar refractivity (Wildman–Crippen MR) is 128 cm³/mol. The SMILES string of the molecule is C=CCOc1ccc(/C=C2\C(=O)N(c3ccccc3)N=C2c2ccccc2)cc1OCC. The van der Waals surface area contributed by atoms with Crippen LogP contribution >= 0.6 is 0 Å². The summed E-state index contributed by atoms with van der Waals surface area (Å²) in [6, 6.07) is 24.7. The zero-order valence-corrected chi connectivity index (χ0v) is 17.9. The normalized spacial score (nSPS) is 14.4. The molecule has 1 aliphatic rings. The maximum Gasteiger partial charge on any atom is 0.281 e. The van der Waals surface area contributed by atoms with Gasteiger partial charge in [-0.3, -0.25) is 4.79 Å². The Morgan fingerprint density at radius 3 is 2.34 bits per heavy atom. The van der Waals surface area contributed by atoms with Gasteiger partial charge >= 0.3 is 0 Å². The van der Waals surface area contributed by atoms with Gasteiger partial charge in [-0.2, -0.15) is 10.1 Å². The highest BCUT2D eigenvalue weighted by Crippen LogP contribution is 2.32. The van der Waals surface area contributed by atoms with Crippen molar-refractivity contribution in [2.45, 2.75) is 6.92 Å². The van der Waals surface area contributed by atoms with Crippen LogP contribution in [0.4, 0.5) is 5.69 Å². The number of ether oxygens (including phenoxy) is 2. The van der Waals surface area contributed by atoms with Crippen molar-refractivity contribution < 1.29 is 14.3 Å². The van der Waals surface area contributed by atoms with Gasteiger partial charge in [-0.05, 0) is 42.8 Å². The molecule has 0 aromatic heterocycles. The standard InChI is InChI=1S/C27H24N2O3/c1-3-17-32-24-16-15-20(19-25(24)31-4-2)18-23-26(21-11-7-5-8-12-21)28-29(27(23)30)22-13-9-6-10-14-22/h3,5-16,18-19H,1,4,17H2,2H3/b23-18-. The quantitative estimate of drug-likeness (QED) is 0.355. The topological polar surface area (TPSA) is 51.1 Å². The Balaban J connectivity index is 1.76. The number of hydrogen-bond donors (Lipinski definition) is 0. The van der Waals surface area contributed by atoms with Crippen LogP contribution in [-0.4, -0.2) is 24.8 Å². The van der Waals surface area contributed by atoms with Gasteiger partial charge in [0, 0.05) is 5.56 Å². The Bertz CT molecular complexity index is 1170. The van der Waals surface area contributed by atoms with Crippen LogP contribution in [-0.2, 0) is 4.79 Å². The molecular weight excluding hydrogens is 400 g/mol. The number of anilines is 1. The number of para-hydroxylation sites is 1. The van der Waals surface area contributed by atoms with Gasteiger partial charge in [0.05, 0.1) is 17.9 Å². The first kappa shape index (κ1) is 21.1. The van der Waals surface area contributed by atoms with E-state index in [0.717, 1.165) is 16.8 Å². The summed E-state index contributed by atoms with van der Waals surface area (Å²) in [6.07, 6.45) is 3.53. The van der Waals surface area contributed by atoms with E-state index in [1.165, 1.54) is 5.01 Å². The lowest BCUT2D eigenvalue weighted by atomic mass is 10.00. The number of carbonyl (C=O) groups excluding carboxylic acids is 1. The lowest BCUT2D eigenvalue weighted by Gasteiger charge is -2.12. The number of nitrogens with zero attached hydrogens (tertiary/aromatic N) is 2. The molecule has 0 spiro atoms. The second-order valence-corrected chi connectivity index (χ2v) is 7.06. The highest BCUT2D eigenvalue weighted by molar-refractivity contribution is 6.37. The van der Waals surface area contributed by atoms with Gasteiger partial charge < -0.3 is 9.47 Å².